The Bertz CT molecular complexity index is 117. The van der Waals surface area contributed by atoms with Crippen molar-refractivity contribution in [1.29, 1.82) is 0 Å². The van der Waals surface area contributed by atoms with E-state index >= 15 is 0 Å². The third kappa shape index (κ3) is 5.27. The van der Waals surface area contributed by atoms with Crippen molar-refractivity contribution < 1.29 is 4.39 Å². The van der Waals surface area contributed by atoms with Gasteiger partial charge in [0.1, 0.15) is 6.80 Å². The van der Waals surface area contributed by atoms with Crippen LogP contribution < -0.4 is 5.32 Å². The van der Waals surface area contributed by atoms with Crippen molar-refractivity contribution in [2.45, 2.75) is 19.4 Å². The van der Waals surface area contributed by atoms with Gasteiger partial charge < -0.3 is 0 Å². The van der Waals surface area contributed by atoms with Crippen molar-refractivity contribution in [3.05, 3.63) is 12.2 Å². The predicted octanol–water partition coefficient (Wildman–Crippen LogP) is 2.20. The zero-order valence-electron chi connectivity index (χ0n) is 7.19. The Morgan fingerprint density at radius 3 is 2.73 bits per heavy atom. The molecular formula is C8H16FNS. The minimum absolute atomic E-state index is 0.146. The molecule has 66 valence electrons. The third-order valence-electron chi connectivity index (χ3n) is 1.53. The Kier molecular flexibility index (Phi) is 6.66. The number of hydrogen-bond donors (Lipinski definition) is 1. The highest BCUT2D eigenvalue weighted by atomic mass is 32.2. The molecule has 0 aromatic heterocycles. The predicted molar refractivity (Wildman–Crippen MR) is 50.7 cm³/mol. The van der Waals surface area contributed by atoms with Crippen LogP contribution in [-0.2, 0) is 0 Å². The average molecular weight is 177 g/mol. The molecule has 0 radical (unpaired) electrons. The fraction of sp³-hybridized carbons (Fsp3) is 0.750. The van der Waals surface area contributed by atoms with Crippen LogP contribution in [0.25, 0.3) is 0 Å². The minimum atomic E-state index is -0.466. The van der Waals surface area contributed by atoms with Crippen molar-refractivity contribution in [2.75, 3.05) is 18.8 Å². The van der Waals surface area contributed by atoms with Gasteiger partial charge in [0.2, 0.25) is 0 Å². The lowest BCUT2D eigenvalue weighted by molar-refractivity contribution is 0.392. The molecule has 0 aliphatic rings. The number of alkyl halides is 1. The first-order valence-corrected chi connectivity index (χ1v) is 5.05. The molecule has 0 aromatic rings. The van der Waals surface area contributed by atoms with Gasteiger partial charge in [0.05, 0.1) is 0 Å². The van der Waals surface area contributed by atoms with Gasteiger partial charge in [-0.2, -0.15) is 11.8 Å². The second-order valence-electron chi connectivity index (χ2n) is 2.52. The van der Waals surface area contributed by atoms with E-state index in [4.69, 9.17) is 0 Å². The van der Waals surface area contributed by atoms with E-state index < -0.39 is 6.80 Å². The molecule has 1 N–H and O–H groups in total. The second-order valence-corrected chi connectivity index (χ2v) is 3.50. The van der Waals surface area contributed by atoms with E-state index in [0.717, 1.165) is 17.7 Å². The van der Waals surface area contributed by atoms with Gasteiger partial charge >= 0.3 is 0 Å². The van der Waals surface area contributed by atoms with Gasteiger partial charge in [0, 0.05) is 6.04 Å². The van der Waals surface area contributed by atoms with Crippen molar-refractivity contribution in [1.82, 2.24) is 5.32 Å². The van der Waals surface area contributed by atoms with Gasteiger partial charge in [0.15, 0.2) is 0 Å². The number of halogens is 1. The normalized spacial score (nSPS) is 13.0. The summed E-state index contributed by atoms with van der Waals surface area (Å²) in [6.07, 6.45) is 3.01. The van der Waals surface area contributed by atoms with Crippen LogP contribution in [0.5, 0.6) is 0 Å². The fourth-order valence-corrected chi connectivity index (χ4v) is 1.32. The Hall–Kier alpha value is -0.0200. The SMILES string of the molecule is C=C(C)[C@H](CCSC)NCF. The first kappa shape index (κ1) is 11.0. The molecule has 0 heterocycles. The molecular weight excluding hydrogens is 161 g/mol. The number of nitrogens with one attached hydrogen (secondary N) is 1. The maximum absolute atomic E-state index is 11.9. The van der Waals surface area contributed by atoms with E-state index in [1.807, 2.05) is 13.2 Å². The summed E-state index contributed by atoms with van der Waals surface area (Å²) in [6, 6.07) is 0.146. The third-order valence-corrected chi connectivity index (χ3v) is 2.17. The molecule has 0 amide bonds. The lowest BCUT2D eigenvalue weighted by atomic mass is 10.1. The number of hydrogen-bond acceptors (Lipinski definition) is 2. The summed E-state index contributed by atoms with van der Waals surface area (Å²) in [7, 11) is 0. The average Bonchev–Trinajstić information content (AvgIpc) is 1.97. The molecule has 0 aliphatic heterocycles. The number of rotatable bonds is 6. The van der Waals surface area contributed by atoms with Gasteiger partial charge in [-0.1, -0.05) is 12.2 Å². The molecule has 0 bridgehead atoms. The van der Waals surface area contributed by atoms with E-state index in [-0.39, 0.29) is 6.04 Å². The first-order chi connectivity index (χ1) is 5.22. The van der Waals surface area contributed by atoms with Crippen LogP contribution in [0.1, 0.15) is 13.3 Å². The van der Waals surface area contributed by atoms with Gasteiger partial charge in [-0.3, -0.25) is 5.32 Å². The van der Waals surface area contributed by atoms with Crippen LogP contribution in [0.2, 0.25) is 0 Å². The topological polar surface area (TPSA) is 12.0 Å². The summed E-state index contributed by atoms with van der Waals surface area (Å²) in [5.74, 6) is 1.05. The molecule has 0 unspecified atom stereocenters. The molecule has 0 saturated carbocycles. The van der Waals surface area contributed by atoms with Crippen LogP contribution in [0.3, 0.4) is 0 Å². The smallest absolute Gasteiger partial charge is 0.140 e. The highest BCUT2D eigenvalue weighted by Crippen LogP contribution is 2.06. The largest absolute Gasteiger partial charge is 0.284 e. The van der Waals surface area contributed by atoms with Crippen molar-refractivity contribution in [3.63, 3.8) is 0 Å². The summed E-state index contributed by atoms with van der Waals surface area (Å²) in [4.78, 5) is 0. The lowest BCUT2D eigenvalue weighted by Crippen LogP contribution is -2.29. The Morgan fingerprint density at radius 1 is 1.73 bits per heavy atom. The quantitative estimate of drug-likeness (QED) is 0.493. The van der Waals surface area contributed by atoms with Crippen molar-refractivity contribution in [3.8, 4) is 0 Å². The summed E-state index contributed by atoms with van der Waals surface area (Å²) in [6.45, 7) is 5.25. The molecule has 0 aromatic carbocycles. The summed E-state index contributed by atoms with van der Waals surface area (Å²) in [5, 5.41) is 2.74. The molecule has 0 aliphatic carbocycles. The molecule has 1 atom stereocenters. The number of thioether (sulfide) groups is 1. The van der Waals surface area contributed by atoms with E-state index in [1.165, 1.54) is 0 Å². The monoisotopic (exact) mass is 177 g/mol. The summed E-state index contributed by atoms with van der Waals surface area (Å²) >= 11 is 1.77. The Morgan fingerprint density at radius 2 is 2.36 bits per heavy atom. The molecule has 0 spiro atoms. The van der Waals surface area contributed by atoms with Crippen molar-refractivity contribution >= 4 is 11.8 Å². The van der Waals surface area contributed by atoms with Crippen LogP contribution >= 0.6 is 11.8 Å². The van der Waals surface area contributed by atoms with E-state index in [0.29, 0.717) is 0 Å². The zero-order chi connectivity index (χ0) is 8.69. The molecule has 0 rings (SSSR count). The zero-order valence-corrected chi connectivity index (χ0v) is 8.01. The maximum Gasteiger partial charge on any atom is 0.140 e. The molecule has 11 heavy (non-hydrogen) atoms. The standard InChI is InChI=1S/C8H16FNS/c1-7(2)8(10-6-9)4-5-11-3/h8,10H,1,4-6H2,2-3H3/t8-/m0/s1. The fourth-order valence-electron chi connectivity index (χ4n) is 0.852. The summed E-state index contributed by atoms with van der Waals surface area (Å²) < 4.78 is 11.9. The highest BCUT2D eigenvalue weighted by Gasteiger charge is 2.06. The second kappa shape index (κ2) is 6.68. The minimum Gasteiger partial charge on any atom is -0.284 e. The molecule has 1 nitrogen and oxygen atoms in total. The van der Waals surface area contributed by atoms with E-state index in [9.17, 15) is 4.39 Å². The van der Waals surface area contributed by atoms with Gasteiger partial charge in [-0.25, -0.2) is 4.39 Å². The highest BCUT2D eigenvalue weighted by molar-refractivity contribution is 7.98. The Labute approximate surface area is 72.4 Å². The van der Waals surface area contributed by atoms with Crippen LogP contribution in [-0.4, -0.2) is 24.8 Å². The Balaban J connectivity index is 3.60. The van der Waals surface area contributed by atoms with Crippen LogP contribution in [0.15, 0.2) is 12.2 Å². The van der Waals surface area contributed by atoms with E-state index in [1.54, 1.807) is 11.8 Å². The van der Waals surface area contributed by atoms with Gasteiger partial charge in [-0.15, -0.1) is 0 Å². The van der Waals surface area contributed by atoms with Crippen LogP contribution in [0.4, 0.5) is 4.39 Å². The molecule has 0 fully saturated rings. The van der Waals surface area contributed by atoms with Crippen molar-refractivity contribution in [2.24, 2.45) is 0 Å². The van der Waals surface area contributed by atoms with Crippen LogP contribution in [0, 0.1) is 0 Å². The van der Waals surface area contributed by atoms with Gasteiger partial charge in [0.25, 0.3) is 0 Å². The molecule has 0 saturated heterocycles. The van der Waals surface area contributed by atoms with Gasteiger partial charge in [-0.05, 0) is 25.4 Å². The summed E-state index contributed by atoms with van der Waals surface area (Å²) in [5.41, 5.74) is 1.01. The van der Waals surface area contributed by atoms with E-state index in [2.05, 4.69) is 11.9 Å². The first-order valence-electron chi connectivity index (χ1n) is 3.66. The lowest BCUT2D eigenvalue weighted by Gasteiger charge is -2.15. The maximum atomic E-state index is 11.9. The molecule has 3 heteroatoms.